The Bertz CT molecular complexity index is 724. The molecule has 0 aromatic heterocycles. The normalized spacial score (nSPS) is 13.8. The minimum atomic E-state index is -0.414. The number of hydrogen-bond donors (Lipinski definition) is 0. The first-order valence-electron chi connectivity index (χ1n) is 9.42. The molecule has 0 spiro atoms. The van der Waals surface area contributed by atoms with Gasteiger partial charge in [0.25, 0.3) is 0 Å². The summed E-state index contributed by atoms with van der Waals surface area (Å²) in [7, 11) is 0. The lowest BCUT2D eigenvalue weighted by Gasteiger charge is -2.34. The molecule has 1 fully saturated rings. The van der Waals surface area contributed by atoms with Gasteiger partial charge in [-0.3, -0.25) is 14.4 Å². The van der Waals surface area contributed by atoms with Crippen LogP contribution in [0.25, 0.3) is 0 Å². The fraction of sp³-hybridized carbons (Fsp3) is 0.500. The molecule has 0 radical (unpaired) electrons. The van der Waals surface area contributed by atoms with E-state index in [4.69, 9.17) is 4.74 Å². The van der Waals surface area contributed by atoms with Gasteiger partial charge in [-0.05, 0) is 31.2 Å². The molecule has 0 atom stereocenters. The van der Waals surface area contributed by atoms with Gasteiger partial charge in [0.05, 0.1) is 12.2 Å². The molecule has 152 valence electrons. The van der Waals surface area contributed by atoms with Crippen LogP contribution in [0.4, 0.5) is 5.69 Å². The van der Waals surface area contributed by atoms with Crippen molar-refractivity contribution < 1.29 is 23.9 Å². The number of benzene rings is 1. The minimum Gasteiger partial charge on any atom is -0.462 e. The second-order valence-corrected chi connectivity index (χ2v) is 6.57. The van der Waals surface area contributed by atoms with Gasteiger partial charge in [-0.15, -0.1) is 0 Å². The van der Waals surface area contributed by atoms with Crippen LogP contribution in [0.2, 0.25) is 0 Å². The summed E-state index contributed by atoms with van der Waals surface area (Å²) in [6.07, 6.45) is 0.194. The number of nitrogens with zero attached hydrogens (tertiary/aromatic N) is 3. The SMILES string of the molecule is CCOC(=O)c1ccc(N(CCC(=O)N2CCN(C(C)=O)CC2)C(C)=O)cc1. The zero-order valence-electron chi connectivity index (χ0n) is 16.6. The van der Waals surface area contributed by atoms with E-state index >= 15 is 0 Å². The quantitative estimate of drug-likeness (QED) is 0.685. The number of hydrogen-bond acceptors (Lipinski definition) is 5. The summed E-state index contributed by atoms with van der Waals surface area (Å²) in [6, 6.07) is 6.55. The van der Waals surface area contributed by atoms with Crippen molar-refractivity contribution in [3.63, 3.8) is 0 Å². The summed E-state index contributed by atoms with van der Waals surface area (Å²) in [4.78, 5) is 52.6. The van der Waals surface area contributed by atoms with Gasteiger partial charge in [0, 0.05) is 58.7 Å². The van der Waals surface area contributed by atoms with Crippen LogP contribution in [0.1, 0.15) is 37.6 Å². The molecule has 1 aliphatic rings. The van der Waals surface area contributed by atoms with E-state index in [9.17, 15) is 19.2 Å². The van der Waals surface area contributed by atoms with Crippen LogP contribution < -0.4 is 4.90 Å². The lowest BCUT2D eigenvalue weighted by molar-refractivity contribution is -0.138. The van der Waals surface area contributed by atoms with E-state index in [1.165, 1.54) is 18.7 Å². The monoisotopic (exact) mass is 389 g/mol. The molecule has 28 heavy (non-hydrogen) atoms. The van der Waals surface area contributed by atoms with Gasteiger partial charge in [0.2, 0.25) is 17.7 Å². The van der Waals surface area contributed by atoms with E-state index in [-0.39, 0.29) is 30.7 Å². The molecule has 2 rings (SSSR count). The summed E-state index contributed by atoms with van der Waals surface area (Å²) in [5.74, 6) is -0.625. The van der Waals surface area contributed by atoms with Gasteiger partial charge >= 0.3 is 5.97 Å². The third kappa shape index (κ3) is 5.55. The predicted molar refractivity (Wildman–Crippen MR) is 104 cm³/mol. The van der Waals surface area contributed by atoms with Crippen molar-refractivity contribution in [2.75, 3.05) is 44.2 Å². The number of esters is 1. The van der Waals surface area contributed by atoms with Crippen molar-refractivity contribution in [3.8, 4) is 0 Å². The van der Waals surface area contributed by atoms with Gasteiger partial charge in [-0.25, -0.2) is 4.79 Å². The minimum absolute atomic E-state index is 0.0149. The standard InChI is InChI=1S/C20H27N3O5/c1-4-28-20(27)17-5-7-18(8-6-17)23(16(3)25)10-9-19(26)22-13-11-21(12-14-22)15(2)24/h5-8H,4,9-14H2,1-3H3. The number of rotatable bonds is 6. The maximum absolute atomic E-state index is 12.5. The number of piperazine rings is 1. The Morgan fingerprint density at radius 1 is 0.964 bits per heavy atom. The number of carbonyl (C=O) groups is 4. The predicted octanol–water partition coefficient (Wildman–Crippen LogP) is 1.30. The van der Waals surface area contributed by atoms with E-state index in [2.05, 4.69) is 0 Å². The van der Waals surface area contributed by atoms with Gasteiger partial charge in [-0.2, -0.15) is 0 Å². The molecule has 1 aromatic rings. The molecule has 8 heteroatoms. The fourth-order valence-corrected chi connectivity index (χ4v) is 3.10. The Hall–Kier alpha value is -2.90. The maximum atomic E-state index is 12.5. The van der Waals surface area contributed by atoms with Crippen LogP contribution in [-0.4, -0.2) is 72.8 Å². The van der Waals surface area contributed by atoms with Gasteiger partial charge < -0.3 is 19.4 Å². The summed E-state index contributed by atoms with van der Waals surface area (Å²) < 4.78 is 4.95. The van der Waals surface area contributed by atoms with Crippen molar-refractivity contribution in [2.24, 2.45) is 0 Å². The molecular weight excluding hydrogens is 362 g/mol. The van der Waals surface area contributed by atoms with Gasteiger partial charge in [0.15, 0.2) is 0 Å². The van der Waals surface area contributed by atoms with Crippen LogP contribution in [0.3, 0.4) is 0 Å². The summed E-state index contributed by atoms with van der Waals surface area (Å²) in [5.41, 5.74) is 1.03. The molecule has 8 nitrogen and oxygen atoms in total. The van der Waals surface area contributed by atoms with Gasteiger partial charge in [0.1, 0.15) is 0 Å². The average molecular weight is 389 g/mol. The van der Waals surface area contributed by atoms with Crippen LogP contribution in [0, 0.1) is 0 Å². The van der Waals surface area contributed by atoms with Gasteiger partial charge in [-0.1, -0.05) is 0 Å². The number of anilines is 1. The van der Waals surface area contributed by atoms with Crippen molar-refractivity contribution in [1.82, 2.24) is 9.80 Å². The maximum Gasteiger partial charge on any atom is 0.338 e. The topological polar surface area (TPSA) is 87.2 Å². The largest absolute Gasteiger partial charge is 0.462 e. The molecule has 1 aliphatic heterocycles. The highest BCUT2D eigenvalue weighted by atomic mass is 16.5. The third-order valence-corrected chi connectivity index (χ3v) is 4.70. The Labute approximate surface area is 165 Å². The molecule has 1 heterocycles. The van der Waals surface area contributed by atoms with Crippen molar-refractivity contribution in [2.45, 2.75) is 27.2 Å². The molecule has 1 aromatic carbocycles. The van der Waals surface area contributed by atoms with Crippen molar-refractivity contribution in [3.05, 3.63) is 29.8 Å². The number of carbonyl (C=O) groups excluding carboxylic acids is 4. The zero-order valence-corrected chi connectivity index (χ0v) is 16.6. The molecular formula is C20H27N3O5. The highest BCUT2D eigenvalue weighted by molar-refractivity contribution is 5.94. The molecule has 0 unspecified atom stereocenters. The lowest BCUT2D eigenvalue weighted by atomic mass is 10.2. The van der Waals surface area contributed by atoms with E-state index in [0.29, 0.717) is 44.0 Å². The third-order valence-electron chi connectivity index (χ3n) is 4.70. The average Bonchev–Trinajstić information content (AvgIpc) is 2.68. The second kappa shape index (κ2) is 9.87. The van der Waals surface area contributed by atoms with E-state index in [1.54, 1.807) is 41.0 Å². The van der Waals surface area contributed by atoms with E-state index in [1.807, 2.05) is 0 Å². The van der Waals surface area contributed by atoms with Crippen LogP contribution in [-0.2, 0) is 19.1 Å². The second-order valence-electron chi connectivity index (χ2n) is 6.57. The highest BCUT2D eigenvalue weighted by Crippen LogP contribution is 2.17. The first-order chi connectivity index (χ1) is 13.3. The lowest BCUT2D eigenvalue weighted by Crippen LogP contribution is -2.50. The Morgan fingerprint density at radius 3 is 2.04 bits per heavy atom. The fourth-order valence-electron chi connectivity index (χ4n) is 3.10. The summed E-state index contributed by atoms with van der Waals surface area (Å²) in [5, 5.41) is 0. The van der Waals surface area contributed by atoms with Crippen LogP contribution >= 0.6 is 0 Å². The Morgan fingerprint density at radius 2 is 1.54 bits per heavy atom. The summed E-state index contributed by atoms with van der Waals surface area (Å²) in [6.45, 7) is 7.33. The Balaban J connectivity index is 1.94. The molecule has 0 aliphatic carbocycles. The van der Waals surface area contributed by atoms with Crippen LogP contribution in [0.15, 0.2) is 24.3 Å². The van der Waals surface area contributed by atoms with Crippen LogP contribution in [0.5, 0.6) is 0 Å². The molecule has 0 N–H and O–H groups in total. The smallest absolute Gasteiger partial charge is 0.338 e. The molecule has 0 saturated carbocycles. The first-order valence-corrected chi connectivity index (χ1v) is 9.42. The van der Waals surface area contributed by atoms with Crippen molar-refractivity contribution in [1.29, 1.82) is 0 Å². The van der Waals surface area contributed by atoms with E-state index in [0.717, 1.165) is 0 Å². The zero-order chi connectivity index (χ0) is 20.7. The summed E-state index contributed by atoms with van der Waals surface area (Å²) >= 11 is 0. The van der Waals surface area contributed by atoms with Crippen molar-refractivity contribution >= 4 is 29.4 Å². The molecule has 0 bridgehead atoms. The number of amides is 3. The molecule has 3 amide bonds. The first kappa shape index (κ1) is 21.4. The van der Waals surface area contributed by atoms with E-state index < -0.39 is 5.97 Å². The highest BCUT2D eigenvalue weighted by Gasteiger charge is 2.23. The molecule has 1 saturated heterocycles. The Kier molecular flexibility index (Phi) is 7.54. The number of ether oxygens (including phenoxy) is 1.